The fourth-order valence-electron chi connectivity index (χ4n) is 2.61. The van der Waals surface area contributed by atoms with Gasteiger partial charge < -0.3 is 20.5 Å². The second-order valence-electron chi connectivity index (χ2n) is 5.48. The predicted molar refractivity (Wildman–Crippen MR) is 81.0 cm³/mol. The minimum Gasteiger partial charge on any atom is -0.396 e. The molecule has 5 heteroatoms. The van der Waals surface area contributed by atoms with Gasteiger partial charge in [0, 0.05) is 19.3 Å². The highest BCUT2D eigenvalue weighted by molar-refractivity contribution is 5.74. The molecule has 1 heterocycles. The van der Waals surface area contributed by atoms with Gasteiger partial charge in [0.05, 0.1) is 6.04 Å². The Labute approximate surface area is 125 Å². The van der Waals surface area contributed by atoms with Crippen LogP contribution in [0.1, 0.15) is 37.9 Å². The van der Waals surface area contributed by atoms with Crippen molar-refractivity contribution in [1.82, 2.24) is 10.6 Å². The lowest BCUT2D eigenvalue weighted by molar-refractivity contribution is 0.0998. The van der Waals surface area contributed by atoms with Crippen molar-refractivity contribution in [2.75, 3.05) is 13.2 Å². The second kappa shape index (κ2) is 8.00. The van der Waals surface area contributed by atoms with Gasteiger partial charge >= 0.3 is 6.03 Å². The third kappa shape index (κ3) is 4.72. The molecule has 1 saturated heterocycles. The number of carbonyl (C=O) groups is 1. The third-order valence-electron chi connectivity index (χ3n) is 3.71. The molecular weight excluding hydrogens is 268 g/mol. The fraction of sp³-hybridized carbons (Fsp3) is 0.562. The van der Waals surface area contributed by atoms with Crippen LogP contribution in [0.2, 0.25) is 0 Å². The molecule has 1 aliphatic rings. The molecule has 0 bridgehead atoms. The highest BCUT2D eigenvalue weighted by Gasteiger charge is 2.30. The van der Waals surface area contributed by atoms with Crippen LogP contribution >= 0.6 is 0 Å². The Hall–Kier alpha value is -1.59. The number of rotatable bonds is 6. The summed E-state index contributed by atoms with van der Waals surface area (Å²) in [5.41, 5.74) is 1.09. The molecule has 5 nitrogen and oxygen atoms in total. The van der Waals surface area contributed by atoms with E-state index in [9.17, 15) is 4.79 Å². The maximum absolute atomic E-state index is 12.0. The molecule has 116 valence electrons. The minimum absolute atomic E-state index is 0.00237. The van der Waals surface area contributed by atoms with E-state index in [1.54, 1.807) is 0 Å². The number of aliphatic hydroxyl groups is 1. The van der Waals surface area contributed by atoms with Gasteiger partial charge in [0.15, 0.2) is 0 Å². The molecule has 1 aromatic carbocycles. The Morgan fingerprint density at radius 2 is 2.19 bits per heavy atom. The summed E-state index contributed by atoms with van der Waals surface area (Å²) < 4.78 is 5.75. The van der Waals surface area contributed by atoms with Crippen molar-refractivity contribution in [3.05, 3.63) is 35.9 Å². The molecule has 2 amide bonds. The summed E-state index contributed by atoms with van der Waals surface area (Å²) in [6.45, 7) is 2.75. The van der Waals surface area contributed by atoms with E-state index >= 15 is 0 Å². The number of ether oxygens (including phenoxy) is 1. The number of hydrogen-bond donors (Lipinski definition) is 3. The third-order valence-corrected chi connectivity index (χ3v) is 3.71. The molecule has 3 N–H and O–H groups in total. The van der Waals surface area contributed by atoms with E-state index in [2.05, 4.69) is 10.6 Å². The highest BCUT2D eigenvalue weighted by atomic mass is 16.5. The summed E-state index contributed by atoms with van der Waals surface area (Å²) in [4.78, 5) is 12.0. The van der Waals surface area contributed by atoms with Gasteiger partial charge in [-0.3, -0.25) is 0 Å². The molecule has 1 aliphatic heterocycles. The first-order valence-electron chi connectivity index (χ1n) is 7.55. The van der Waals surface area contributed by atoms with Crippen molar-refractivity contribution in [3.8, 4) is 0 Å². The van der Waals surface area contributed by atoms with E-state index in [4.69, 9.17) is 9.84 Å². The minimum atomic E-state index is -0.170. The van der Waals surface area contributed by atoms with E-state index in [0.29, 0.717) is 13.0 Å². The lowest BCUT2D eigenvalue weighted by Gasteiger charge is -2.22. The topological polar surface area (TPSA) is 70.6 Å². The van der Waals surface area contributed by atoms with Crippen LogP contribution in [0.5, 0.6) is 0 Å². The van der Waals surface area contributed by atoms with Gasteiger partial charge in [0.2, 0.25) is 0 Å². The predicted octanol–water partition coefficient (Wildman–Crippen LogP) is 1.98. The second-order valence-corrected chi connectivity index (χ2v) is 5.48. The average Bonchev–Trinajstić information content (AvgIpc) is 2.94. The Morgan fingerprint density at radius 1 is 1.43 bits per heavy atom. The van der Waals surface area contributed by atoms with Crippen molar-refractivity contribution in [3.63, 3.8) is 0 Å². The summed E-state index contributed by atoms with van der Waals surface area (Å²) in [7, 11) is 0. The number of carbonyl (C=O) groups excluding carboxylic acids is 1. The Kier molecular flexibility index (Phi) is 6.02. The lowest BCUT2D eigenvalue weighted by Crippen LogP contribution is -2.46. The maximum atomic E-state index is 12.0. The Morgan fingerprint density at radius 3 is 2.90 bits per heavy atom. The van der Waals surface area contributed by atoms with E-state index in [1.165, 1.54) is 0 Å². The monoisotopic (exact) mass is 292 g/mol. The van der Waals surface area contributed by atoms with Crippen LogP contribution in [0.25, 0.3) is 0 Å². The first-order chi connectivity index (χ1) is 10.2. The van der Waals surface area contributed by atoms with Gasteiger partial charge in [-0.25, -0.2) is 4.79 Å². The lowest BCUT2D eigenvalue weighted by atomic mass is 10.0. The fourth-order valence-corrected chi connectivity index (χ4v) is 2.61. The molecule has 0 saturated carbocycles. The van der Waals surface area contributed by atoms with Crippen molar-refractivity contribution < 1.29 is 14.6 Å². The summed E-state index contributed by atoms with van der Waals surface area (Å²) in [6.07, 6.45) is 2.20. The number of aliphatic hydroxyl groups excluding tert-OH is 1. The maximum Gasteiger partial charge on any atom is 0.315 e. The Bertz CT molecular complexity index is 438. The van der Waals surface area contributed by atoms with Gasteiger partial charge in [0.1, 0.15) is 6.10 Å². The molecule has 1 aromatic rings. The van der Waals surface area contributed by atoms with Crippen molar-refractivity contribution in [1.29, 1.82) is 0 Å². The first kappa shape index (κ1) is 15.8. The molecule has 2 rings (SSSR count). The van der Waals surface area contributed by atoms with Gasteiger partial charge in [-0.2, -0.15) is 0 Å². The van der Waals surface area contributed by atoms with Crippen molar-refractivity contribution in [2.45, 2.75) is 44.4 Å². The quantitative estimate of drug-likeness (QED) is 0.751. The van der Waals surface area contributed by atoms with Gasteiger partial charge in [-0.15, -0.1) is 0 Å². The summed E-state index contributed by atoms with van der Waals surface area (Å²) in [5.74, 6) is 0. The van der Waals surface area contributed by atoms with Crippen molar-refractivity contribution in [2.24, 2.45) is 0 Å². The zero-order valence-electron chi connectivity index (χ0n) is 12.4. The van der Waals surface area contributed by atoms with E-state index in [1.807, 2.05) is 37.3 Å². The number of urea groups is 1. The van der Waals surface area contributed by atoms with Crippen LogP contribution in [-0.2, 0) is 4.74 Å². The van der Waals surface area contributed by atoms with Crippen molar-refractivity contribution >= 4 is 6.03 Å². The molecule has 3 unspecified atom stereocenters. The molecule has 1 fully saturated rings. The van der Waals surface area contributed by atoms with Crippen LogP contribution in [-0.4, -0.2) is 36.4 Å². The highest BCUT2D eigenvalue weighted by Crippen LogP contribution is 2.28. The SMILES string of the molecule is CC(CCCO)NC(=O)NC1CCOC1c1ccccc1. The number of benzene rings is 1. The van der Waals surface area contributed by atoms with Gasteiger partial charge in [-0.05, 0) is 31.7 Å². The molecule has 21 heavy (non-hydrogen) atoms. The average molecular weight is 292 g/mol. The molecule has 0 radical (unpaired) electrons. The number of amides is 2. The molecule has 0 aromatic heterocycles. The zero-order chi connectivity index (χ0) is 15.1. The van der Waals surface area contributed by atoms with E-state index in [-0.39, 0.29) is 30.8 Å². The summed E-state index contributed by atoms with van der Waals surface area (Å²) >= 11 is 0. The van der Waals surface area contributed by atoms with Gasteiger partial charge in [-0.1, -0.05) is 30.3 Å². The smallest absolute Gasteiger partial charge is 0.315 e. The van der Waals surface area contributed by atoms with E-state index in [0.717, 1.165) is 18.4 Å². The first-order valence-corrected chi connectivity index (χ1v) is 7.55. The van der Waals surface area contributed by atoms with Gasteiger partial charge in [0.25, 0.3) is 0 Å². The van der Waals surface area contributed by atoms with Crippen LogP contribution in [0.4, 0.5) is 4.79 Å². The Balaban J connectivity index is 1.85. The zero-order valence-corrected chi connectivity index (χ0v) is 12.4. The molecule has 0 spiro atoms. The number of nitrogens with one attached hydrogen (secondary N) is 2. The van der Waals surface area contributed by atoms with Crippen LogP contribution in [0.15, 0.2) is 30.3 Å². The summed E-state index contributed by atoms with van der Waals surface area (Å²) in [5, 5.41) is 14.7. The summed E-state index contributed by atoms with van der Waals surface area (Å²) in [6, 6.07) is 9.84. The molecule has 0 aliphatic carbocycles. The molecule has 3 atom stereocenters. The van der Waals surface area contributed by atoms with Crippen LogP contribution < -0.4 is 10.6 Å². The van der Waals surface area contributed by atoms with Crippen LogP contribution in [0.3, 0.4) is 0 Å². The largest absolute Gasteiger partial charge is 0.396 e. The standard InChI is InChI=1S/C16H24N2O3/c1-12(6-5-10-19)17-16(20)18-14-9-11-21-15(14)13-7-3-2-4-8-13/h2-4,7-8,12,14-15,19H,5-6,9-11H2,1H3,(H2,17,18,20). The van der Waals surface area contributed by atoms with Crippen LogP contribution in [0, 0.1) is 0 Å². The number of hydrogen-bond acceptors (Lipinski definition) is 3. The molecular formula is C16H24N2O3. The van der Waals surface area contributed by atoms with E-state index < -0.39 is 0 Å². The normalized spacial score (nSPS) is 22.8.